The minimum absolute atomic E-state index is 0.0666. The van der Waals surface area contributed by atoms with Crippen molar-refractivity contribution in [2.75, 3.05) is 17.6 Å². The molecule has 3 rings (SSSR count). The van der Waals surface area contributed by atoms with E-state index >= 15 is 0 Å². The number of nitrogen functional groups attached to an aromatic ring is 1. The van der Waals surface area contributed by atoms with Crippen molar-refractivity contribution < 1.29 is 9.90 Å². The first-order valence-electron chi connectivity index (χ1n) is 8.22. The fraction of sp³-hybridized carbons (Fsp3) is 0.471. The molecule has 2 aromatic heterocycles. The fourth-order valence-corrected chi connectivity index (χ4v) is 4.34. The maximum absolute atomic E-state index is 12.3. The number of aryl methyl sites for hydroxylation is 2. The van der Waals surface area contributed by atoms with E-state index in [1.165, 1.54) is 11.3 Å². The highest BCUT2D eigenvalue weighted by Gasteiger charge is 2.30. The summed E-state index contributed by atoms with van der Waals surface area (Å²) in [7, 11) is 0. The number of H-pyrrole nitrogens is 1. The Labute approximate surface area is 149 Å². The molecule has 1 aliphatic heterocycles. The molecule has 1 aliphatic rings. The second-order valence-corrected chi connectivity index (χ2v) is 8.10. The van der Waals surface area contributed by atoms with E-state index in [9.17, 15) is 9.59 Å². The van der Waals surface area contributed by atoms with E-state index in [0.717, 1.165) is 36.2 Å². The number of anilines is 2. The molecule has 5 N–H and O–H groups in total. The molecule has 0 radical (unpaired) electrons. The van der Waals surface area contributed by atoms with E-state index in [1.54, 1.807) is 6.07 Å². The lowest BCUT2D eigenvalue weighted by atomic mass is 9.77. The SMILES string of the molecule is Cc1cc(C(=O)O)sc1CCC1(C)CCNc2nc(N)[nH]c(=O)c2C1. The molecule has 0 saturated carbocycles. The molecule has 0 spiro atoms. The number of hydrogen-bond acceptors (Lipinski definition) is 6. The molecule has 2 aromatic rings. The average molecular weight is 362 g/mol. The minimum atomic E-state index is -0.881. The number of aromatic nitrogens is 2. The number of thiophene rings is 1. The number of aromatic amines is 1. The molecule has 1 atom stereocenters. The molecule has 8 heteroatoms. The van der Waals surface area contributed by atoms with Gasteiger partial charge < -0.3 is 16.2 Å². The van der Waals surface area contributed by atoms with Crippen LogP contribution in [0.15, 0.2) is 10.9 Å². The Morgan fingerprint density at radius 3 is 2.96 bits per heavy atom. The Morgan fingerprint density at radius 1 is 1.52 bits per heavy atom. The fourth-order valence-electron chi connectivity index (χ4n) is 3.33. The molecule has 3 heterocycles. The van der Waals surface area contributed by atoms with Crippen LogP contribution in [-0.2, 0) is 12.8 Å². The van der Waals surface area contributed by atoms with Gasteiger partial charge in [-0.3, -0.25) is 9.78 Å². The standard InChI is InChI=1S/C17H22N4O3S/c1-9-7-12(15(23)24)25-11(9)3-4-17(2)5-6-19-13-10(8-17)14(22)21-16(18)20-13/h7H,3-6,8H2,1-2H3,(H,23,24)(H4,18,19,20,21,22). The van der Waals surface area contributed by atoms with Gasteiger partial charge >= 0.3 is 5.97 Å². The van der Waals surface area contributed by atoms with Gasteiger partial charge in [0.25, 0.3) is 5.56 Å². The second-order valence-electron chi connectivity index (χ2n) is 6.96. The van der Waals surface area contributed by atoms with Crippen molar-refractivity contribution in [2.45, 2.75) is 39.5 Å². The maximum atomic E-state index is 12.3. The molecular weight excluding hydrogens is 340 g/mol. The van der Waals surface area contributed by atoms with Gasteiger partial charge in [-0.25, -0.2) is 4.79 Å². The topological polar surface area (TPSA) is 121 Å². The van der Waals surface area contributed by atoms with Crippen molar-refractivity contribution >= 4 is 29.1 Å². The molecule has 7 nitrogen and oxygen atoms in total. The van der Waals surface area contributed by atoms with Crippen molar-refractivity contribution in [3.05, 3.63) is 37.3 Å². The summed E-state index contributed by atoms with van der Waals surface area (Å²) in [4.78, 5) is 31.6. The Morgan fingerprint density at radius 2 is 2.28 bits per heavy atom. The first kappa shape index (κ1) is 17.5. The van der Waals surface area contributed by atoms with Crippen LogP contribution in [0, 0.1) is 12.3 Å². The molecule has 1 unspecified atom stereocenters. The van der Waals surface area contributed by atoms with E-state index in [1.807, 2.05) is 6.92 Å². The van der Waals surface area contributed by atoms with E-state index in [2.05, 4.69) is 22.2 Å². The Balaban J connectivity index is 1.80. The van der Waals surface area contributed by atoms with Gasteiger partial charge in [-0.05, 0) is 49.7 Å². The quantitative estimate of drug-likeness (QED) is 0.663. The molecule has 0 saturated heterocycles. The Hall–Kier alpha value is -2.35. The first-order chi connectivity index (χ1) is 11.8. The van der Waals surface area contributed by atoms with Crippen LogP contribution >= 0.6 is 11.3 Å². The number of hydrogen-bond donors (Lipinski definition) is 4. The normalized spacial score (nSPS) is 19.8. The minimum Gasteiger partial charge on any atom is -0.477 e. The zero-order chi connectivity index (χ0) is 18.2. The van der Waals surface area contributed by atoms with Gasteiger partial charge in [0.1, 0.15) is 10.7 Å². The molecule has 0 bridgehead atoms. The summed E-state index contributed by atoms with van der Waals surface area (Å²) in [5.74, 6) is -0.186. The Bertz CT molecular complexity index is 873. The van der Waals surface area contributed by atoms with Crippen molar-refractivity contribution in [2.24, 2.45) is 5.41 Å². The lowest BCUT2D eigenvalue weighted by Crippen LogP contribution is -2.25. The number of carbonyl (C=O) groups is 1. The number of carboxylic acids is 1. The van der Waals surface area contributed by atoms with Gasteiger partial charge in [0, 0.05) is 11.4 Å². The summed E-state index contributed by atoms with van der Waals surface area (Å²) < 4.78 is 0. The number of aromatic carboxylic acids is 1. The van der Waals surface area contributed by atoms with Crippen molar-refractivity contribution in [3.63, 3.8) is 0 Å². The third-order valence-electron chi connectivity index (χ3n) is 4.85. The number of fused-ring (bicyclic) bond motifs is 1. The number of nitrogens with zero attached hydrogens (tertiary/aromatic N) is 1. The molecular formula is C17H22N4O3S. The van der Waals surface area contributed by atoms with Gasteiger partial charge in [-0.2, -0.15) is 4.98 Å². The third-order valence-corrected chi connectivity index (χ3v) is 6.13. The van der Waals surface area contributed by atoms with Crippen LogP contribution < -0.4 is 16.6 Å². The molecule has 134 valence electrons. The first-order valence-corrected chi connectivity index (χ1v) is 9.04. The highest BCUT2D eigenvalue weighted by molar-refractivity contribution is 7.14. The van der Waals surface area contributed by atoms with Gasteiger partial charge in [-0.15, -0.1) is 11.3 Å². The third kappa shape index (κ3) is 3.68. The molecule has 0 aliphatic carbocycles. The van der Waals surface area contributed by atoms with E-state index in [0.29, 0.717) is 22.7 Å². The van der Waals surface area contributed by atoms with Crippen LogP contribution in [0.2, 0.25) is 0 Å². The molecule has 0 amide bonds. The van der Waals surface area contributed by atoms with Crippen LogP contribution in [0.25, 0.3) is 0 Å². The average Bonchev–Trinajstić information content (AvgIpc) is 2.81. The number of rotatable bonds is 4. The van der Waals surface area contributed by atoms with Crippen molar-refractivity contribution in [3.8, 4) is 0 Å². The van der Waals surface area contributed by atoms with E-state index in [-0.39, 0.29) is 16.9 Å². The molecule has 0 fully saturated rings. The lowest BCUT2D eigenvalue weighted by molar-refractivity contribution is 0.0702. The van der Waals surface area contributed by atoms with Crippen LogP contribution in [0.3, 0.4) is 0 Å². The predicted octanol–water partition coefficient (Wildman–Crippen LogP) is 2.42. The van der Waals surface area contributed by atoms with E-state index in [4.69, 9.17) is 10.8 Å². The largest absolute Gasteiger partial charge is 0.477 e. The van der Waals surface area contributed by atoms with Gasteiger partial charge in [0.15, 0.2) is 0 Å². The predicted molar refractivity (Wildman–Crippen MR) is 98.5 cm³/mol. The summed E-state index contributed by atoms with van der Waals surface area (Å²) >= 11 is 1.34. The van der Waals surface area contributed by atoms with E-state index < -0.39 is 5.97 Å². The van der Waals surface area contributed by atoms with Gasteiger partial charge in [0.2, 0.25) is 5.95 Å². The van der Waals surface area contributed by atoms with Crippen LogP contribution in [0.5, 0.6) is 0 Å². The van der Waals surface area contributed by atoms with Crippen molar-refractivity contribution in [1.29, 1.82) is 0 Å². The summed E-state index contributed by atoms with van der Waals surface area (Å²) in [5, 5.41) is 12.3. The number of nitrogens with one attached hydrogen (secondary N) is 2. The van der Waals surface area contributed by atoms with Crippen molar-refractivity contribution in [1.82, 2.24) is 9.97 Å². The summed E-state index contributed by atoms with van der Waals surface area (Å²) in [6.45, 7) is 4.84. The summed E-state index contributed by atoms with van der Waals surface area (Å²) in [6, 6.07) is 1.73. The monoisotopic (exact) mass is 362 g/mol. The highest BCUT2D eigenvalue weighted by Crippen LogP contribution is 2.36. The molecule has 25 heavy (non-hydrogen) atoms. The number of carboxylic acid groups (broad SMARTS) is 1. The smallest absolute Gasteiger partial charge is 0.345 e. The van der Waals surface area contributed by atoms with Gasteiger partial charge in [-0.1, -0.05) is 6.92 Å². The van der Waals surface area contributed by atoms with Crippen LogP contribution in [0.4, 0.5) is 11.8 Å². The Kier molecular flexibility index (Phi) is 4.55. The number of nitrogens with two attached hydrogens (primary N) is 1. The van der Waals surface area contributed by atoms with Crippen LogP contribution in [0.1, 0.15) is 45.4 Å². The summed E-state index contributed by atoms with van der Waals surface area (Å²) in [5.41, 5.74) is 7.03. The maximum Gasteiger partial charge on any atom is 0.345 e. The zero-order valence-electron chi connectivity index (χ0n) is 14.3. The molecule has 0 aromatic carbocycles. The highest BCUT2D eigenvalue weighted by atomic mass is 32.1. The van der Waals surface area contributed by atoms with Crippen LogP contribution in [-0.4, -0.2) is 27.6 Å². The van der Waals surface area contributed by atoms with Gasteiger partial charge in [0.05, 0.1) is 5.56 Å². The summed E-state index contributed by atoms with van der Waals surface area (Å²) in [6.07, 6.45) is 3.20. The lowest BCUT2D eigenvalue weighted by Gasteiger charge is -2.27. The zero-order valence-corrected chi connectivity index (χ0v) is 15.1. The second kappa shape index (κ2) is 6.51.